The molecule has 0 radical (unpaired) electrons. The van der Waals surface area contributed by atoms with Crippen molar-refractivity contribution >= 4 is 11.6 Å². The highest BCUT2D eigenvalue weighted by molar-refractivity contribution is 6.29. The van der Waals surface area contributed by atoms with E-state index in [2.05, 4.69) is 10.2 Å². The first kappa shape index (κ1) is 10.8. The number of halogens is 1. The topological polar surface area (TPSA) is 46.0 Å². The lowest BCUT2D eigenvalue weighted by molar-refractivity contribution is 0.00350. The summed E-state index contributed by atoms with van der Waals surface area (Å²) in [6, 6.07) is 3.55. The molecule has 82 valence electrons. The van der Waals surface area contributed by atoms with E-state index in [0.29, 0.717) is 11.6 Å². The molecule has 0 atom stereocenters. The molecule has 0 saturated heterocycles. The van der Waals surface area contributed by atoms with E-state index in [1.807, 2.05) is 6.07 Å². The Hall–Kier alpha value is -0.670. The summed E-state index contributed by atoms with van der Waals surface area (Å²) in [5.41, 5.74) is 0.254. The normalized spacial score (nSPS) is 20.1. The molecule has 1 N–H and O–H groups in total. The molecule has 15 heavy (non-hydrogen) atoms. The Balaban J connectivity index is 2.03. The Morgan fingerprint density at radius 1 is 1.20 bits per heavy atom. The largest absolute Gasteiger partial charge is 0.389 e. The van der Waals surface area contributed by atoms with Crippen LogP contribution in [0.3, 0.4) is 0 Å². The molecule has 0 bridgehead atoms. The minimum Gasteiger partial charge on any atom is -0.389 e. The number of nitrogens with zero attached hydrogens (tertiary/aromatic N) is 2. The van der Waals surface area contributed by atoms with Crippen LogP contribution in [-0.4, -0.2) is 20.9 Å². The number of aromatic nitrogens is 2. The van der Waals surface area contributed by atoms with E-state index in [1.54, 1.807) is 6.07 Å². The minimum atomic E-state index is -0.569. The molecular formula is C11H15ClN2O. The van der Waals surface area contributed by atoms with Crippen LogP contribution in [0.1, 0.15) is 37.8 Å². The first-order valence-corrected chi connectivity index (χ1v) is 5.76. The second-order valence-electron chi connectivity index (χ2n) is 4.31. The van der Waals surface area contributed by atoms with Gasteiger partial charge in [-0.3, -0.25) is 0 Å². The Kier molecular flexibility index (Phi) is 3.22. The van der Waals surface area contributed by atoms with Crippen LogP contribution in [0.5, 0.6) is 0 Å². The third-order valence-corrected chi connectivity index (χ3v) is 3.18. The average molecular weight is 227 g/mol. The zero-order valence-electron chi connectivity index (χ0n) is 8.62. The summed E-state index contributed by atoms with van der Waals surface area (Å²) in [7, 11) is 0. The molecule has 0 spiro atoms. The molecule has 0 aliphatic heterocycles. The molecule has 1 aromatic rings. The second kappa shape index (κ2) is 4.45. The maximum Gasteiger partial charge on any atom is 0.151 e. The van der Waals surface area contributed by atoms with Gasteiger partial charge in [0.25, 0.3) is 0 Å². The van der Waals surface area contributed by atoms with Crippen LogP contribution >= 0.6 is 11.6 Å². The predicted octanol–water partition coefficient (Wildman–Crippen LogP) is 2.37. The highest BCUT2D eigenvalue weighted by Crippen LogP contribution is 2.30. The lowest BCUT2D eigenvalue weighted by Crippen LogP contribution is -2.34. The van der Waals surface area contributed by atoms with E-state index in [1.165, 1.54) is 6.42 Å². The molecule has 1 aliphatic carbocycles. The predicted molar refractivity (Wildman–Crippen MR) is 58.8 cm³/mol. The van der Waals surface area contributed by atoms with Crippen molar-refractivity contribution in [2.45, 2.75) is 44.1 Å². The van der Waals surface area contributed by atoms with E-state index in [0.717, 1.165) is 31.4 Å². The molecule has 0 unspecified atom stereocenters. The van der Waals surface area contributed by atoms with Crippen LogP contribution in [0, 0.1) is 0 Å². The van der Waals surface area contributed by atoms with E-state index in [9.17, 15) is 5.11 Å². The van der Waals surface area contributed by atoms with Gasteiger partial charge in [0.15, 0.2) is 5.15 Å². The molecule has 3 nitrogen and oxygen atoms in total. The monoisotopic (exact) mass is 226 g/mol. The Morgan fingerprint density at radius 3 is 2.53 bits per heavy atom. The van der Waals surface area contributed by atoms with E-state index < -0.39 is 5.60 Å². The van der Waals surface area contributed by atoms with E-state index >= 15 is 0 Å². The van der Waals surface area contributed by atoms with Gasteiger partial charge in [0, 0.05) is 6.42 Å². The molecule has 0 aromatic carbocycles. The Morgan fingerprint density at radius 2 is 1.93 bits per heavy atom. The van der Waals surface area contributed by atoms with Gasteiger partial charge in [-0.1, -0.05) is 30.9 Å². The van der Waals surface area contributed by atoms with Gasteiger partial charge in [0.2, 0.25) is 0 Å². The van der Waals surface area contributed by atoms with Crippen LogP contribution in [0.15, 0.2) is 12.1 Å². The van der Waals surface area contributed by atoms with Crippen LogP contribution in [-0.2, 0) is 6.42 Å². The smallest absolute Gasteiger partial charge is 0.151 e. The summed E-state index contributed by atoms with van der Waals surface area (Å²) in [4.78, 5) is 0. The maximum atomic E-state index is 10.3. The van der Waals surface area contributed by atoms with Gasteiger partial charge in [-0.15, -0.1) is 5.10 Å². The van der Waals surface area contributed by atoms with Gasteiger partial charge in [-0.25, -0.2) is 0 Å². The third kappa shape index (κ3) is 2.89. The highest BCUT2D eigenvalue weighted by atomic mass is 35.5. The molecule has 1 aromatic heterocycles. The fourth-order valence-corrected chi connectivity index (χ4v) is 2.26. The number of hydrogen-bond acceptors (Lipinski definition) is 3. The van der Waals surface area contributed by atoms with Crippen LogP contribution in [0.2, 0.25) is 5.15 Å². The fraction of sp³-hybridized carbons (Fsp3) is 0.636. The van der Waals surface area contributed by atoms with E-state index in [-0.39, 0.29) is 0 Å². The first-order valence-electron chi connectivity index (χ1n) is 5.38. The van der Waals surface area contributed by atoms with Crippen molar-refractivity contribution in [3.8, 4) is 0 Å². The van der Waals surface area contributed by atoms with Crippen molar-refractivity contribution in [2.75, 3.05) is 0 Å². The van der Waals surface area contributed by atoms with Gasteiger partial charge in [-0.05, 0) is 25.0 Å². The summed E-state index contributed by atoms with van der Waals surface area (Å²) in [6.07, 6.45) is 5.79. The van der Waals surface area contributed by atoms with Crippen LogP contribution < -0.4 is 0 Å². The average Bonchev–Trinajstić information content (AvgIpc) is 2.22. The first-order chi connectivity index (χ1) is 7.18. The van der Waals surface area contributed by atoms with Crippen LogP contribution in [0.25, 0.3) is 0 Å². The van der Waals surface area contributed by atoms with Crippen molar-refractivity contribution in [3.05, 3.63) is 23.0 Å². The van der Waals surface area contributed by atoms with Gasteiger partial charge in [0.1, 0.15) is 0 Å². The van der Waals surface area contributed by atoms with Crippen molar-refractivity contribution in [1.29, 1.82) is 0 Å². The highest BCUT2D eigenvalue weighted by Gasteiger charge is 2.29. The number of aliphatic hydroxyl groups is 1. The summed E-state index contributed by atoms with van der Waals surface area (Å²) < 4.78 is 0. The van der Waals surface area contributed by atoms with Crippen molar-refractivity contribution in [2.24, 2.45) is 0 Å². The molecule has 0 amide bonds. The Bertz CT molecular complexity index is 320. The minimum absolute atomic E-state index is 0.398. The van der Waals surface area contributed by atoms with Gasteiger partial charge >= 0.3 is 0 Å². The quantitative estimate of drug-likeness (QED) is 0.842. The summed E-state index contributed by atoms with van der Waals surface area (Å²) in [5, 5.41) is 18.4. The molecule has 1 saturated carbocycles. The molecule has 1 fully saturated rings. The second-order valence-corrected chi connectivity index (χ2v) is 4.70. The summed E-state index contributed by atoms with van der Waals surface area (Å²) in [6.45, 7) is 0. The van der Waals surface area contributed by atoms with Crippen molar-refractivity contribution < 1.29 is 5.11 Å². The third-order valence-electron chi connectivity index (χ3n) is 2.98. The number of rotatable bonds is 2. The maximum absolute atomic E-state index is 10.3. The van der Waals surface area contributed by atoms with Crippen LogP contribution in [0.4, 0.5) is 0 Å². The molecule has 1 aliphatic rings. The lowest BCUT2D eigenvalue weighted by atomic mass is 9.82. The molecular weight excluding hydrogens is 212 g/mol. The van der Waals surface area contributed by atoms with Crippen molar-refractivity contribution in [1.82, 2.24) is 10.2 Å². The molecule has 4 heteroatoms. The van der Waals surface area contributed by atoms with E-state index in [4.69, 9.17) is 11.6 Å². The SMILES string of the molecule is OC1(Cc2ccc(Cl)nn2)CCCCC1. The zero-order chi connectivity index (χ0) is 10.7. The Labute approximate surface area is 94.5 Å². The molecule has 1 heterocycles. The summed E-state index contributed by atoms with van der Waals surface area (Å²) in [5.74, 6) is 0. The van der Waals surface area contributed by atoms with Gasteiger partial charge in [0.05, 0.1) is 11.3 Å². The number of hydrogen-bond donors (Lipinski definition) is 1. The zero-order valence-corrected chi connectivity index (χ0v) is 9.37. The van der Waals surface area contributed by atoms with Crippen molar-refractivity contribution in [3.63, 3.8) is 0 Å². The lowest BCUT2D eigenvalue weighted by Gasteiger charge is -2.31. The standard InChI is InChI=1S/C11H15ClN2O/c12-10-5-4-9(13-14-10)8-11(15)6-2-1-3-7-11/h4-5,15H,1-3,6-8H2. The fourth-order valence-electron chi connectivity index (χ4n) is 2.16. The summed E-state index contributed by atoms with van der Waals surface area (Å²) >= 11 is 5.65. The van der Waals surface area contributed by atoms with Gasteiger partial charge < -0.3 is 5.11 Å². The van der Waals surface area contributed by atoms with Gasteiger partial charge in [-0.2, -0.15) is 5.10 Å². The molecule has 2 rings (SSSR count).